The highest BCUT2D eigenvalue weighted by molar-refractivity contribution is 5.90. The van der Waals surface area contributed by atoms with E-state index in [2.05, 4.69) is 5.92 Å². The minimum Gasteiger partial charge on any atom is -0.456 e. The van der Waals surface area contributed by atoms with Crippen molar-refractivity contribution in [1.82, 2.24) is 0 Å². The van der Waals surface area contributed by atoms with E-state index in [9.17, 15) is 29.8 Å². The second-order valence-electron chi connectivity index (χ2n) is 9.56. The molecule has 41 heavy (non-hydrogen) atoms. The molecule has 0 spiro atoms. The van der Waals surface area contributed by atoms with Crippen molar-refractivity contribution < 1.29 is 38.4 Å². The molecular weight excluding hydrogens is 536 g/mol. The molecular formula is C29H28N2O10. The van der Waals surface area contributed by atoms with Crippen LogP contribution in [0.4, 0.5) is 11.4 Å². The van der Waals surface area contributed by atoms with Crippen molar-refractivity contribution >= 4 is 23.3 Å². The second kappa shape index (κ2) is 13.2. The normalized spacial score (nSPS) is 22.8. The van der Waals surface area contributed by atoms with Gasteiger partial charge in [0.2, 0.25) is 0 Å². The molecule has 2 aliphatic heterocycles. The van der Waals surface area contributed by atoms with Gasteiger partial charge in [0, 0.05) is 43.5 Å². The van der Waals surface area contributed by atoms with Gasteiger partial charge in [0.15, 0.2) is 6.10 Å². The Morgan fingerprint density at radius 2 is 1.39 bits per heavy atom. The number of hydrogen-bond donors (Lipinski definition) is 0. The van der Waals surface area contributed by atoms with Crippen LogP contribution in [0, 0.1) is 32.6 Å². The Bertz CT molecular complexity index is 1340. The lowest BCUT2D eigenvalue weighted by atomic mass is 10.0. The van der Waals surface area contributed by atoms with E-state index in [4.69, 9.17) is 25.4 Å². The standard InChI is InChI=1S/C29H28N2O10/c1-3-5-6-7-23(41-29(33)19-10-14-21(15-11-19)31(36)37)25-17-27-26(39-25)16-24(38-27)22(4-2)40-28(32)18-8-12-20(13-9-18)30(34)35/h2,5-6,8-15,22-27H,3,7,16-17H2,1H3/t22-,23+,24+,25-,26-,27-/m1/s1. The van der Waals surface area contributed by atoms with Crippen LogP contribution in [0.25, 0.3) is 0 Å². The average Bonchev–Trinajstić information content (AvgIpc) is 3.55. The zero-order valence-electron chi connectivity index (χ0n) is 22.1. The fourth-order valence-corrected chi connectivity index (χ4v) is 4.76. The van der Waals surface area contributed by atoms with Crippen molar-refractivity contribution in [2.24, 2.45) is 0 Å². The number of carbonyl (C=O) groups excluding carboxylic acids is 2. The van der Waals surface area contributed by atoms with Crippen LogP contribution in [0.5, 0.6) is 0 Å². The van der Waals surface area contributed by atoms with E-state index in [-0.39, 0.29) is 34.7 Å². The lowest BCUT2D eigenvalue weighted by Crippen LogP contribution is -2.34. The Kier molecular flexibility index (Phi) is 9.44. The molecule has 0 radical (unpaired) electrons. The summed E-state index contributed by atoms with van der Waals surface area (Å²) < 4.78 is 23.5. The van der Waals surface area contributed by atoms with Crippen LogP contribution in [0.1, 0.15) is 53.3 Å². The molecule has 12 heteroatoms. The van der Waals surface area contributed by atoms with Gasteiger partial charge >= 0.3 is 11.9 Å². The summed E-state index contributed by atoms with van der Waals surface area (Å²) in [5, 5.41) is 21.7. The number of fused-ring (bicyclic) bond motifs is 1. The number of nitrogens with zero attached hydrogens (tertiary/aromatic N) is 2. The third kappa shape index (κ3) is 7.13. The molecule has 2 saturated heterocycles. The summed E-state index contributed by atoms with van der Waals surface area (Å²) in [4.78, 5) is 46.0. The fraction of sp³-hybridized carbons (Fsp3) is 0.379. The van der Waals surface area contributed by atoms with Crippen molar-refractivity contribution in [1.29, 1.82) is 0 Å². The minimum atomic E-state index is -1.01. The highest BCUT2D eigenvalue weighted by Gasteiger charge is 2.49. The number of non-ortho nitro benzene ring substituents is 2. The summed E-state index contributed by atoms with van der Waals surface area (Å²) in [7, 11) is 0. The molecule has 12 nitrogen and oxygen atoms in total. The van der Waals surface area contributed by atoms with Crippen LogP contribution in [0.3, 0.4) is 0 Å². The number of terminal acetylenes is 1. The van der Waals surface area contributed by atoms with Crippen molar-refractivity contribution in [3.05, 3.63) is 92.0 Å². The lowest BCUT2D eigenvalue weighted by molar-refractivity contribution is -0.385. The number of nitro benzene ring substituents is 2. The third-order valence-corrected chi connectivity index (χ3v) is 6.85. The first-order chi connectivity index (χ1) is 19.7. The maximum absolute atomic E-state index is 12.8. The average molecular weight is 565 g/mol. The Labute approximate surface area is 235 Å². The van der Waals surface area contributed by atoms with Gasteiger partial charge in [0.05, 0.1) is 39.3 Å². The van der Waals surface area contributed by atoms with Gasteiger partial charge in [-0.05, 0) is 30.7 Å². The SMILES string of the molecule is C#C[C@@H](OC(=O)c1ccc([N+](=O)[O-])cc1)[C@@H]1C[C@H]2O[C@@H]([C@H](CC=CCC)OC(=O)c3ccc([N+](=O)[O-])cc3)C[C@H]2O1. The molecule has 4 rings (SSSR count). The summed E-state index contributed by atoms with van der Waals surface area (Å²) in [6.45, 7) is 1.98. The van der Waals surface area contributed by atoms with Gasteiger partial charge in [-0.2, -0.15) is 0 Å². The smallest absolute Gasteiger partial charge is 0.339 e. The molecule has 6 atom stereocenters. The Morgan fingerprint density at radius 3 is 1.88 bits per heavy atom. The quantitative estimate of drug-likeness (QED) is 0.125. The summed E-state index contributed by atoms with van der Waals surface area (Å²) in [5.41, 5.74) is 0.00592. The molecule has 0 aliphatic carbocycles. The maximum atomic E-state index is 12.8. The first-order valence-electron chi connectivity index (χ1n) is 13.0. The molecule has 2 fully saturated rings. The number of nitro groups is 2. The molecule has 0 unspecified atom stereocenters. The molecule has 214 valence electrons. The van der Waals surface area contributed by atoms with E-state index in [1.807, 2.05) is 19.1 Å². The summed E-state index contributed by atoms with van der Waals surface area (Å²) >= 11 is 0. The van der Waals surface area contributed by atoms with Crippen LogP contribution in [-0.4, -0.2) is 58.4 Å². The van der Waals surface area contributed by atoms with Gasteiger partial charge < -0.3 is 18.9 Å². The van der Waals surface area contributed by atoms with Crippen LogP contribution < -0.4 is 0 Å². The van der Waals surface area contributed by atoms with Crippen molar-refractivity contribution in [2.75, 3.05) is 0 Å². The van der Waals surface area contributed by atoms with Crippen LogP contribution in [0.2, 0.25) is 0 Å². The summed E-state index contributed by atoms with van der Waals surface area (Å²) in [6.07, 6.45) is 7.98. The Hall–Kier alpha value is -4.60. The number of hydrogen-bond acceptors (Lipinski definition) is 10. The zero-order valence-corrected chi connectivity index (χ0v) is 22.1. The Balaban J connectivity index is 1.36. The van der Waals surface area contributed by atoms with Crippen molar-refractivity contribution in [3.63, 3.8) is 0 Å². The maximum Gasteiger partial charge on any atom is 0.339 e. The molecule has 0 N–H and O–H groups in total. The molecule has 2 heterocycles. The van der Waals surface area contributed by atoms with Crippen molar-refractivity contribution in [3.8, 4) is 12.3 Å². The van der Waals surface area contributed by atoms with E-state index >= 15 is 0 Å². The molecule has 0 saturated carbocycles. The molecule has 2 aromatic rings. The molecule has 0 amide bonds. The minimum absolute atomic E-state index is 0.114. The predicted molar refractivity (Wildman–Crippen MR) is 144 cm³/mol. The second-order valence-corrected chi connectivity index (χ2v) is 9.56. The lowest BCUT2D eigenvalue weighted by Gasteiger charge is -2.25. The molecule has 2 aliphatic rings. The van der Waals surface area contributed by atoms with Gasteiger partial charge in [-0.3, -0.25) is 20.2 Å². The third-order valence-electron chi connectivity index (χ3n) is 6.85. The van der Waals surface area contributed by atoms with E-state index in [1.165, 1.54) is 48.5 Å². The first-order valence-corrected chi connectivity index (χ1v) is 13.0. The van der Waals surface area contributed by atoms with Crippen LogP contribution in [-0.2, 0) is 18.9 Å². The van der Waals surface area contributed by atoms with Crippen LogP contribution in [0.15, 0.2) is 60.7 Å². The van der Waals surface area contributed by atoms with Gasteiger partial charge in [0.1, 0.15) is 12.2 Å². The largest absolute Gasteiger partial charge is 0.456 e. The highest BCUT2D eigenvalue weighted by atomic mass is 16.6. The van der Waals surface area contributed by atoms with Gasteiger partial charge in [-0.15, -0.1) is 6.42 Å². The van der Waals surface area contributed by atoms with E-state index in [0.717, 1.165) is 6.42 Å². The number of allylic oxidation sites excluding steroid dienone is 1. The highest BCUT2D eigenvalue weighted by Crippen LogP contribution is 2.38. The molecule has 0 aromatic heterocycles. The number of benzene rings is 2. The molecule has 0 bridgehead atoms. The van der Waals surface area contributed by atoms with E-state index in [0.29, 0.717) is 19.3 Å². The van der Waals surface area contributed by atoms with Gasteiger partial charge in [0.25, 0.3) is 11.4 Å². The first kappa shape index (κ1) is 29.4. The van der Waals surface area contributed by atoms with E-state index < -0.39 is 46.2 Å². The number of esters is 2. The topological polar surface area (TPSA) is 157 Å². The van der Waals surface area contributed by atoms with Gasteiger partial charge in [-0.25, -0.2) is 9.59 Å². The Morgan fingerprint density at radius 1 is 0.902 bits per heavy atom. The number of ether oxygens (including phenoxy) is 4. The number of rotatable bonds is 11. The van der Waals surface area contributed by atoms with Crippen molar-refractivity contribution in [2.45, 2.75) is 69.2 Å². The summed E-state index contributed by atoms with van der Waals surface area (Å²) in [5.74, 6) is 1.08. The summed E-state index contributed by atoms with van der Waals surface area (Å²) in [6, 6.07) is 10.1. The number of carbonyl (C=O) groups is 2. The van der Waals surface area contributed by atoms with Gasteiger partial charge in [-0.1, -0.05) is 25.0 Å². The van der Waals surface area contributed by atoms with Crippen LogP contribution >= 0.6 is 0 Å². The zero-order chi connectivity index (χ0) is 29.5. The van der Waals surface area contributed by atoms with E-state index in [1.54, 1.807) is 0 Å². The monoisotopic (exact) mass is 564 g/mol. The molecule has 2 aromatic carbocycles. The fourth-order valence-electron chi connectivity index (χ4n) is 4.76. The predicted octanol–water partition coefficient (Wildman–Crippen LogP) is 4.56.